The molecular weight excluding hydrogens is 388 g/mol. The largest absolute Gasteiger partial charge is 0.350 e. The SMILES string of the molecule is Cc1nccn1-c1ccccc1CNC(=O)[C@H](C)N(c1ccccc1)S(C)(=O)=O. The van der Waals surface area contributed by atoms with Crippen LogP contribution >= 0.6 is 0 Å². The second kappa shape index (κ2) is 8.48. The third-order valence-electron chi connectivity index (χ3n) is 4.63. The summed E-state index contributed by atoms with van der Waals surface area (Å²) in [6.45, 7) is 3.75. The van der Waals surface area contributed by atoms with Crippen LogP contribution in [0, 0.1) is 6.92 Å². The maximum atomic E-state index is 12.8. The van der Waals surface area contributed by atoms with Crippen molar-refractivity contribution < 1.29 is 13.2 Å². The molecule has 0 fully saturated rings. The molecule has 152 valence electrons. The lowest BCUT2D eigenvalue weighted by atomic mass is 10.1. The Kier molecular flexibility index (Phi) is 6.03. The van der Waals surface area contributed by atoms with Crippen LogP contribution in [-0.4, -0.2) is 36.2 Å². The number of hydrogen-bond donors (Lipinski definition) is 1. The number of aryl methyl sites for hydroxylation is 1. The molecule has 0 aliphatic carbocycles. The minimum atomic E-state index is -3.63. The van der Waals surface area contributed by atoms with Gasteiger partial charge in [-0.3, -0.25) is 9.10 Å². The van der Waals surface area contributed by atoms with Crippen LogP contribution in [0.5, 0.6) is 0 Å². The van der Waals surface area contributed by atoms with Crippen molar-refractivity contribution in [1.29, 1.82) is 0 Å². The van der Waals surface area contributed by atoms with Crippen molar-refractivity contribution in [3.05, 3.63) is 78.4 Å². The highest BCUT2D eigenvalue weighted by atomic mass is 32.2. The van der Waals surface area contributed by atoms with Gasteiger partial charge in [-0.15, -0.1) is 0 Å². The zero-order valence-corrected chi connectivity index (χ0v) is 17.4. The van der Waals surface area contributed by atoms with Gasteiger partial charge in [-0.2, -0.15) is 0 Å². The van der Waals surface area contributed by atoms with Crippen LogP contribution in [0.15, 0.2) is 67.0 Å². The lowest BCUT2D eigenvalue weighted by Crippen LogP contribution is -2.47. The number of imidazole rings is 1. The maximum absolute atomic E-state index is 12.8. The predicted octanol–water partition coefficient (Wildman–Crippen LogP) is 2.65. The summed E-state index contributed by atoms with van der Waals surface area (Å²) in [6, 6.07) is 15.4. The van der Waals surface area contributed by atoms with E-state index in [0.29, 0.717) is 5.69 Å². The van der Waals surface area contributed by atoms with Crippen molar-refractivity contribution in [2.75, 3.05) is 10.6 Å². The third-order valence-corrected chi connectivity index (χ3v) is 5.87. The number of anilines is 1. The number of amides is 1. The normalized spacial score (nSPS) is 12.4. The van der Waals surface area contributed by atoms with Gasteiger partial charge in [-0.25, -0.2) is 13.4 Å². The third kappa shape index (κ3) is 4.65. The van der Waals surface area contributed by atoms with Crippen LogP contribution < -0.4 is 9.62 Å². The standard InChI is InChI=1S/C21H24N4O3S/c1-16(25(29(3,27)28)19-10-5-4-6-11-19)21(26)23-15-18-9-7-8-12-20(18)24-14-13-22-17(24)2/h4-14,16H,15H2,1-3H3,(H,23,26)/t16-/m0/s1. The molecule has 0 bridgehead atoms. The number of carbonyl (C=O) groups excluding carboxylic acids is 1. The van der Waals surface area contributed by atoms with Gasteiger partial charge in [-0.05, 0) is 37.6 Å². The van der Waals surface area contributed by atoms with Gasteiger partial charge in [0.15, 0.2) is 0 Å². The Morgan fingerprint density at radius 1 is 1.14 bits per heavy atom. The first-order valence-electron chi connectivity index (χ1n) is 9.19. The molecule has 1 amide bonds. The molecule has 1 N–H and O–H groups in total. The van der Waals surface area contributed by atoms with E-state index < -0.39 is 16.1 Å². The maximum Gasteiger partial charge on any atom is 0.243 e. The average Bonchev–Trinajstić information content (AvgIpc) is 3.12. The van der Waals surface area contributed by atoms with Gasteiger partial charge in [0, 0.05) is 18.9 Å². The Morgan fingerprint density at radius 3 is 2.41 bits per heavy atom. The molecule has 7 nitrogen and oxygen atoms in total. The topological polar surface area (TPSA) is 84.3 Å². The van der Waals surface area contributed by atoms with Gasteiger partial charge in [0.2, 0.25) is 15.9 Å². The summed E-state index contributed by atoms with van der Waals surface area (Å²) in [4.78, 5) is 17.0. The Hall–Kier alpha value is -3.13. The summed E-state index contributed by atoms with van der Waals surface area (Å²) in [5.74, 6) is 0.459. The first-order chi connectivity index (χ1) is 13.8. The number of nitrogens with one attached hydrogen (secondary N) is 1. The van der Waals surface area contributed by atoms with E-state index in [2.05, 4.69) is 10.3 Å². The molecule has 0 saturated heterocycles. The first kappa shape index (κ1) is 20.6. The monoisotopic (exact) mass is 412 g/mol. The lowest BCUT2D eigenvalue weighted by Gasteiger charge is -2.28. The fourth-order valence-electron chi connectivity index (χ4n) is 3.24. The molecule has 3 rings (SSSR count). The fourth-order valence-corrected chi connectivity index (χ4v) is 4.42. The second-order valence-corrected chi connectivity index (χ2v) is 8.62. The van der Waals surface area contributed by atoms with E-state index in [0.717, 1.165) is 27.6 Å². The van der Waals surface area contributed by atoms with Gasteiger partial charge in [0.25, 0.3) is 0 Å². The van der Waals surface area contributed by atoms with E-state index in [1.807, 2.05) is 42.0 Å². The number of benzene rings is 2. The molecular formula is C21H24N4O3S. The van der Waals surface area contributed by atoms with Crippen molar-refractivity contribution in [3.63, 3.8) is 0 Å². The molecule has 29 heavy (non-hydrogen) atoms. The van der Waals surface area contributed by atoms with Gasteiger partial charge in [-0.1, -0.05) is 36.4 Å². The van der Waals surface area contributed by atoms with E-state index in [1.54, 1.807) is 43.5 Å². The van der Waals surface area contributed by atoms with Gasteiger partial charge < -0.3 is 9.88 Å². The Bertz CT molecular complexity index is 1090. The number of nitrogens with zero attached hydrogens (tertiary/aromatic N) is 3. The molecule has 0 saturated carbocycles. The van der Waals surface area contributed by atoms with Crippen molar-refractivity contribution in [2.24, 2.45) is 0 Å². The first-order valence-corrected chi connectivity index (χ1v) is 11.0. The molecule has 8 heteroatoms. The van der Waals surface area contributed by atoms with E-state index >= 15 is 0 Å². The minimum absolute atomic E-state index is 0.267. The number of carbonyl (C=O) groups is 1. The van der Waals surface area contributed by atoms with E-state index in [1.165, 1.54) is 0 Å². The Morgan fingerprint density at radius 2 is 1.79 bits per heavy atom. The molecule has 3 aromatic rings. The molecule has 0 spiro atoms. The Labute approximate surface area is 171 Å². The number of hydrogen-bond acceptors (Lipinski definition) is 4. The Balaban J connectivity index is 1.80. The molecule has 0 radical (unpaired) electrons. The predicted molar refractivity (Wildman–Crippen MR) is 113 cm³/mol. The highest BCUT2D eigenvalue weighted by Crippen LogP contribution is 2.21. The zero-order chi connectivity index (χ0) is 21.0. The minimum Gasteiger partial charge on any atom is -0.350 e. The van der Waals surface area contributed by atoms with Crippen molar-refractivity contribution in [2.45, 2.75) is 26.4 Å². The number of rotatable bonds is 7. The van der Waals surface area contributed by atoms with E-state index in [-0.39, 0.29) is 12.5 Å². The van der Waals surface area contributed by atoms with Crippen LogP contribution in [0.3, 0.4) is 0 Å². The summed E-state index contributed by atoms with van der Waals surface area (Å²) >= 11 is 0. The zero-order valence-electron chi connectivity index (χ0n) is 16.6. The van der Waals surface area contributed by atoms with Crippen LogP contribution in [0.4, 0.5) is 5.69 Å². The molecule has 1 atom stereocenters. The smallest absolute Gasteiger partial charge is 0.243 e. The highest BCUT2D eigenvalue weighted by molar-refractivity contribution is 7.92. The molecule has 0 unspecified atom stereocenters. The van der Waals surface area contributed by atoms with Crippen molar-refractivity contribution in [1.82, 2.24) is 14.9 Å². The van der Waals surface area contributed by atoms with Crippen LogP contribution in [0.2, 0.25) is 0 Å². The van der Waals surface area contributed by atoms with Crippen molar-refractivity contribution >= 4 is 21.6 Å². The summed E-state index contributed by atoms with van der Waals surface area (Å²) in [5.41, 5.74) is 2.27. The molecule has 2 aromatic carbocycles. The van der Waals surface area contributed by atoms with Gasteiger partial charge in [0.05, 0.1) is 17.6 Å². The quantitative estimate of drug-likeness (QED) is 0.647. The summed E-state index contributed by atoms with van der Waals surface area (Å²) in [5, 5.41) is 2.86. The van der Waals surface area contributed by atoms with E-state index in [4.69, 9.17) is 0 Å². The highest BCUT2D eigenvalue weighted by Gasteiger charge is 2.28. The van der Waals surface area contributed by atoms with Crippen molar-refractivity contribution in [3.8, 4) is 5.69 Å². The molecule has 0 aliphatic rings. The number of aromatic nitrogens is 2. The van der Waals surface area contributed by atoms with Crippen LogP contribution in [0.1, 0.15) is 18.3 Å². The van der Waals surface area contributed by atoms with Crippen LogP contribution in [0.25, 0.3) is 5.69 Å². The van der Waals surface area contributed by atoms with E-state index in [9.17, 15) is 13.2 Å². The lowest BCUT2D eigenvalue weighted by molar-refractivity contribution is -0.122. The fraction of sp³-hybridized carbons (Fsp3) is 0.238. The van der Waals surface area contributed by atoms with Gasteiger partial charge in [0.1, 0.15) is 11.9 Å². The number of sulfonamides is 1. The molecule has 1 heterocycles. The second-order valence-electron chi connectivity index (χ2n) is 6.76. The average molecular weight is 413 g/mol. The van der Waals surface area contributed by atoms with Gasteiger partial charge >= 0.3 is 0 Å². The summed E-state index contributed by atoms with van der Waals surface area (Å²) in [6.07, 6.45) is 4.68. The molecule has 1 aromatic heterocycles. The number of para-hydroxylation sites is 2. The summed E-state index contributed by atoms with van der Waals surface area (Å²) in [7, 11) is -3.63. The summed E-state index contributed by atoms with van der Waals surface area (Å²) < 4.78 is 27.7. The van der Waals surface area contributed by atoms with Crippen LogP contribution in [-0.2, 0) is 21.4 Å². The molecule has 0 aliphatic heterocycles.